The minimum absolute atomic E-state index is 0.106. The molecule has 0 atom stereocenters. The third kappa shape index (κ3) is 7.93. The van der Waals surface area contributed by atoms with Gasteiger partial charge in [-0.1, -0.05) is 68.4 Å². The molecule has 2 rings (SSSR count). The van der Waals surface area contributed by atoms with Crippen LogP contribution in [0.2, 0.25) is 0 Å². The van der Waals surface area contributed by atoms with Gasteiger partial charge >= 0.3 is 0 Å². The van der Waals surface area contributed by atoms with Gasteiger partial charge in [0.05, 0.1) is 5.75 Å². The van der Waals surface area contributed by atoms with E-state index in [0.29, 0.717) is 18.8 Å². The Labute approximate surface area is 162 Å². The zero-order valence-corrected chi connectivity index (χ0v) is 16.8. The van der Waals surface area contributed by atoms with Crippen molar-refractivity contribution >= 4 is 15.9 Å². The number of carbonyl (C=O) groups excluding carboxylic acids is 1. The molecule has 0 bridgehead atoms. The number of benzene rings is 2. The van der Waals surface area contributed by atoms with Gasteiger partial charge in [-0.3, -0.25) is 4.79 Å². The van der Waals surface area contributed by atoms with Crippen molar-refractivity contribution in [3.8, 4) is 0 Å². The maximum atomic E-state index is 12.0. The highest BCUT2D eigenvalue weighted by Gasteiger charge is 2.11. The van der Waals surface area contributed by atoms with Crippen LogP contribution in [0.25, 0.3) is 0 Å². The molecule has 1 amide bonds. The molecular weight excluding hydrogens is 360 g/mol. The number of rotatable bonds is 10. The number of nitrogens with one attached hydrogen (secondary N) is 2. The minimum Gasteiger partial charge on any atom is -0.355 e. The van der Waals surface area contributed by atoms with Gasteiger partial charge in [0.1, 0.15) is 0 Å². The standard InChI is InChI=1S/C21H28N2O3S/c1-17(2)20-11-8-18(9-12-20)10-13-21(24)22-14-15-27(25,26)23-16-19-6-4-3-5-7-19/h3-9,11-12,17,23H,10,13-16H2,1-2H3,(H,22,24). The minimum atomic E-state index is -3.42. The van der Waals surface area contributed by atoms with E-state index in [4.69, 9.17) is 0 Å². The maximum Gasteiger partial charge on any atom is 0.220 e. The number of hydrogen-bond donors (Lipinski definition) is 2. The molecule has 0 heterocycles. The Bertz CT molecular complexity index is 816. The summed E-state index contributed by atoms with van der Waals surface area (Å²) < 4.78 is 26.5. The Morgan fingerprint density at radius 2 is 1.63 bits per heavy atom. The molecule has 0 unspecified atom stereocenters. The number of sulfonamides is 1. The molecule has 6 heteroatoms. The van der Waals surface area contributed by atoms with Crippen LogP contribution in [-0.2, 0) is 27.8 Å². The van der Waals surface area contributed by atoms with Gasteiger partial charge in [0.15, 0.2) is 0 Å². The second-order valence-corrected chi connectivity index (χ2v) is 8.80. The normalized spacial score (nSPS) is 11.5. The molecule has 0 aliphatic rings. The molecule has 0 radical (unpaired) electrons. The first-order valence-corrected chi connectivity index (χ1v) is 10.9. The smallest absolute Gasteiger partial charge is 0.220 e. The Hall–Kier alpha value is -2.18. The monoisotopic (exact) mass is 388 g/mol. The van der Waals surface area contributed by atoms with Gasteiger partial charge in [0, 0.05) is 19.5 Å². The second kappa shape index (κ2) is 10.2. The van der Waals surface area contributed by atoms with Crippen LogP contribution in [0.3, 0.4) is 0 Å². The Morgan fingerprint density at radius 1 is 0.963 bits per heavy atom. The average molecular weight is 389 g/mol. The van der Waals surface area contributed by atoms with Crippen LogP contribution < -0.4 is 10.0 Å². The van der Waals surface area contributed by atoms with E-state index in [-0.39, 0.29) is 24.7 Å². The van der Waals surface area contributed by atoms with Gasteiger partial charge in [-0.2, -0.15) is 0 Å². The van der Waals surface area contributed by atoms with E-state index < -0.39 is 10.0 Å². The molecule has 0 aliphatic heterocycles. The number of aryl methyl sites for hydroxylation is 1. The lowest BCUT2D eigenvalue weighted by molar-refractivity contribution is -0.120. The molecule has 0 spiro atoms. The van der Waals surface area contributed by atoms with Gasteiger partial charge in [-0.15, -0.1) is 0 Å². The highest BCUT2D eigenvalue weighted by atomic mass is 32.2. The molecule has 0 saturated heterocycles. The van der Waals surface area contributed by atoms with Crippen molar-refractivity contribution < 1.29 is 13.2 Å². The zero-order chi connectivity index (χ0) is 19.7. The van der Waals surface area contributed by atoms with E-state index in [9.17, 15) is 13.2 Å². The second-order valence-electron chi connectivity index (χ2n) is 6.87. The fraction of sp³-hybridized carbons (Fsp3) is 0.381. The van der Waals surface area contributed by atoms with Gasteiger partial charge in [0.25, 0.3) is 0 Å². The molecular formula is C21H28N2O3S. The zero-order valence-electron chi connectivity index (χ0n) is 15.9. The maximum absolute atomic E-state index is 12.0. The van der Waals surface area contributed by atoms with Crippen molar-refractivity contribution in [3.63, 3.8) is 0 Å². The molecule has 2 N–H and O–H groups in total. The lowest BCUT2D eigenvalue weighted by Crippen LogP contribution is -2.34. The van der Waals surface area contributed by atoms with Crippen LogP contribution in [0.15, 0.2) is 54.6 Å². The molecule has 0 aliphatic carbocycles. The molecule has 2 aromatic carbocycles. The van der Waals surface area contributed by atoms with Crippen molar-refractivity contribution in [2.75, 3.05) is 12.3 Å². The van der Waals surface area contributed by atoms with E-state index in [1.807, 2.05) is 42.5 Å². The summed E-state index contributed by atoms with van der Waals surface area (Å²) in [6.45, 7) is 4.65. The summed E-state index contributed by atoms with van der Waals surface area (Å²) in [6, 6.07) is 17.6. The lowest BCUT2D eigenvalue weighted by atomic mass is 10.0. The molecule has 5 nitrogen and oxygen atoms in total. The van der Waals surface area contributed by atoms with Crippen LogP contribution in [0.1, 0.15) is 42.9 Å². The predicted octanol–water partition coefficient (Wildman–Crippen LogP) is 2.98. The SMILES string of the molecule is CC(C)c1ccc(CCC(=O)NCCS(=O)(=O)NCc2ccccc2)cc1. The largest absolute Gasteiger partial charge is 0.355 e. The highest BCUT2D eigenvalue weighted by Crippen LogP contribution is 2.15. The van der Waals surface area contributed by atoms with Crippen LogP contribution in [0.5, 0.6) is 0 Å². The first-order chi connectivity index (χ1) is 12.9. The summed E-state index contributed by atoms with van der Waals surface area (Å²) in [4.78, 5) is 11.9. The van der Waals surface area contributed by atoms with E-state index in [2.05, 4.69) is 36.0 Å². The molecule has 0 aromatic heterocycles. The van der Waals surface area contributed by atoms with E-state index >= 15 is 0 Å². The van der Waals surface area contributed by atoms with E-state index in [1.54, 1.807) is 0 Å². The third-order valence-corrected chi connectivity index (χ3v) is 5.64. The van der Waals surface area contributed by atoms with Crippen molar-refractivity contribution in [2.45, 2.75) is 39.2 Å². The summed E-state index contributed by atoms with van der Waals surface area (Å²) in [5, 5.41) is 2.68. The van der Waals surface area contributed by atoms with Gasteiger partial charge in [0.2, 0.25) is 15.9 Å². The van der Waals surface area contributed by atoms with E-state index in [1.165, 1.54) is 5.56 Å². The quantitative estimate of drug-likeness (QED) is 0.657. The summed E-state index contributed by atoms with van der Waals surface area (Å²) in [7, 11) is -3.42. The average Bonchev–Trinajstić information content (AvgIpc) is 2.66. The van der Waals surface area contributed by atoms with Crippen LogP contribution >= 0.6 is 0 Å². The van der Waals surface area contributed by atoms with Gasteiger partial charge in [-0.25, -0.2) is 13.1 Å². The van der Waals surface area contributed by atoms with Gasteiger partial charge in [-0.05, 0) is 29.0 Å². The predicted molar refractivity (Wildman–Crippen MR) is 109 cm³/mol. The third-order valence-electron chi connectivity index (χ3n) is 4.32. The van der Waals surface area contributed by atoms with Crippen molar-refractivity contribution in [1.82, 2.24) is 10.0 Å². The molecule has 146 valence electrons. The Balaban J connectivity index is 1.67. The summed E-state index contributed by atoms with van der Waals surface area (Å²) in [5.74, 6) is 0.218. The molecule has 0 saturated carbocycles. The fourth-order valence-corrected chi connectivity index (χ4v) is 3.50. The van der Waals surface area contributed by atoms with Crippen LogP contribution in [0.4, 0.5) is 0 Å². The van der Waals surface area contributed by atoms with Crippen LogP contribution in [0, 0.1) is 0 Å². The van der Waals surface area contributed by atoms with Crippen molar-refractivity contribution in [2.24, 2.45) is 0 Å². The summed E-state index contributed by atoms with van der Waals surface area (Å²) in [5.41, 5.74) is 3.27. The topological polar surface area (TPSA) is 75.3 Å². The van der Waals surface area contributed by atoms with Crippen LogP contribution in [-0.4, -0.2) is 26.6 Å². The molecule has 0 fully saturated rings. The number of amides is 1. The Morgan fingerprint density at radius 3 is 2.26 bits per heavy atom. The molecule has 2 aromatic rings. The number of hydrogen-bond acceptors (Lipinski definition) is 3. The van der Waals surface area contributed by atoms with Crippen molar-refractivity contribution in [1.29, 1.82) is 0 Å². The van der Waals surface area contributed by atoms with E-state index in [0.717, 1.165) is 11.1 Å². The summed E-state index contributed by atoms with van der Waals surface area (Å²) in [6.07, 6.45) is 0.988. The Kier molecular flexibility index (Phi) is 8.00. The lowest BCUT2D eigenvalue weighted by Gasteiger charge is -2.09. The summed E-state index contributed by atoms with van der Waals surface area (Å²) >= 11 is 0. The first-order valence-electron chi connectivity index (χ1n) is 9.22. The number of carbonyl (C=O) groups is 1. The first kappa shape index (κ1) is 21.1. The molecule has 27 heavy (non-hydrogen) atoms. The van der Waals surface area contributed by atoms with Crippen molar-refractivity contribution in [3.05, 3.63) is 71.3 Å². The highest BCUT2D eigenvalue weighted by molar-refractivity contribution is 7.89. The fourth-order valence-electron chi connectivity index (χ4n) is 2.60. The van der Waals surface area contributed by atoms with Gasteiger partial charge < -0.3 is 5.32 Å².